The van der Waals surface area contributed by atoms with E-state index < -0.39 is 0 Å². The Bertz CT molecular complexity index is 755. The van der Waals surface area contributed by atoms with Crippen molar-refractivity contribution in [2.24, 2.45) is 7.05 Å². The molecule has 2 N–H and O–H groups in total. The maximum Gasteiger partial charge on any atom is 0.317 e. The number of urea groups is 1. The summed E-state index contributed by atoms with van der Waals surface area (Å²) < 4.78 is 1.75. The zero-order valence-electron chi connectivity index (χ0n) is 15.3. The summed E-state index contributed by atoms with van der Waals surface area (Å²) in [5.74, 6) is -0.0526. The van der Waals surface area contributed by atoms with Gasteiger partial charge in [-0.15, -0.1) is 0 Å². The van der Waals surface area contributed by atoms with E-state index in [-0.39, 0.29) is 29.9 Å². The lowest BCUT2D eigenvalue weighted by Gasteiger charge is -2.38. The van der Waals surface area contributed by atoms with Crippen LogP contribution >= 0.6 is 11.3 Å². The monoisotopic (exact) mass is 375 g/mol. The molecule has 2 aromatic rings. The molecule has 2 atom stereocenters. The number of thiophene rings is 1. The van der Waals surface area contributed by atoms with Crippen LogP contribution in [0.1, 0.15) is 42.1 Å². The minimum absolute atomic E-state index is 0.0120. The van der Waals surface area contributed by atoms with Crippen LogP contribution in [-0.2, 0) is 7.05 Å². The number of likely N-dealkylation sites (tertiary alicyclic amines) is 1. The molecular weight excluding hydrogens is 350 g/mol. The highest BCUT2D eigenvalue weighted by molar-refractivity contribution is 7.08. The van der Waals surface area contributed by atoms with Crippen molar-refractivity contribution in [3.05, 3.63) is 40.3 Å². The van der Waals surface area contributed by atoms with Crippen LogP contribution in [0.4, 0.5) is 4.79 Å². The summed E-state index contributed by atoms with van der Waals surface area (Å²) in [6.07, 6.45) is 4.48. The van der Waals surface area contributed by atoms with Gasteiger partial charge in [0.1, 0.15) is 0 Å². The van der Waals surface area contributed by atoms with Crippen LogP contribution in [0.2, 0.25) is 0 Å². The first-order valence-electron chi connectivity index (χ1n) is 8.81. The molecule has 3 amide bonds. The van der Waals surface area contributed by atoms with Crippen molar-refractivity contribution in [3.8, 4) is 0 Å². The fourth-order valence-corrected chi connectivity index (χ4v) is 3.90. The molecule has 1 saturated heterocycles. The van der Waals surface area contributed by atoms with E-state index in [1.807, 2.05) is 55.0 Å². The van der Waals surface area contributed by atoms with Crippen molar-refractivity contribution < 1.29 is 9.59 Å². The van der Waals surface area contributed by atoms with Crippen molar-refractivity contribution in [1.82, 2.24) is 25.3 Å². The number of nitrogens with zero attached hydrogens (tertiary/aromatic N) is 3. The molecule has 0 bridgehead atoms. The third-order valence-electron chi connectivity index (χ3n) is 4.57. The lowest BCUT2D eigenvalue weighted by Crippen LogP contribution is -2.54. The first-order chi connectivity index (χ1) is 12.4. The van der Waals surface area contributed by atoms with Gasteiger partial charge in [-0.05, 0) is 37.3 Å². The minimum atomic E-state index is -0.0646. The van der Waals surface area contributed by atoms with Crippen LogP contribution in [-0.4, -0.2) is 51.8 Å². The van der Waals surface area contributed by atoms with Gasteiger partial charge in [0.05, 0.1) is 6.20 Å². The predicted octanol–water partition coefficient (Wildman–Crippen LogP) is 2.19. The summed E-state index contributed by atoms with van der Waals surface area (Å²) in [7, 11) is 1.87. The second-order valence-corrected chi connectivity index (χ2v) is 7.76. The first-order valence-corrected chi connectivity index (χ1v) is 9.75. The van der Waals surface area contributed by atoms with Crippen LogP contribution in [0.25, 0.3) is 0 Å². The Hall–Kier alpha value is -2.35. The Morgan fingerprint density at radius 2 is 2.19 bits per heavy atom. The number of hydrogen-bond acceptors (Lipinski definition) is 4. The number of hydrogen-bond donors (Lipinski definition) is 2. The number of amides is 3. The maximum absolute atomic E-state index is 12.5. The summed E-state index contributed by atoms with van der Waals surface area (Å²) in [6, 6.07) is 1.83. The van der Waals surface area contributed by atoms with Crippen LogP contribution in [0.3, 0.4) is 0 Å². The number of carbonyl (C=O) groups is 2. The molecule has 0 aliphatic carbocycles. The van der Waals surface area contributed by atoms with Crippen molar-refractivity contribution in [2.45, 2.75) is 38.3 Å². The average Bonchev–Trinajstić information content (AvgIpc) is 3.26. The SMILES string of the molecule is CC(C)NC(=O)N1CC[C@@H](NC(=O)c2ccsc2)[C@@H](c2cnn(C)c2)C1. The average molecular weight is 375 g/mol. The van der Waals surface area contributed by atoms with Gasteiger partial charge in [0, 0.05) is 55.3 Å². The van der Waals surface area contributed by atoms with E-state index in [1.54, 1.807) is 4.68 Å². The molecule has 1 fully saturated rings. The van der Waals surface area contributed by atoms with Gasteiger partial charge in [-0.3, -0.25) is 9.48 Å². The van der Waals surface area contributed by atoms with Gasteiger partial charge >= 0.3 is 6.03 Å². The smallest absolute Gasteiger partial charge is 0.317 e. The summed E-state index contributed by atoms with van der Waals surface area (Å²) in [5.41, 5.74) is 1.71. The van der Waals surface area contributed by atoms with E-state index in [0.717, 1.165) is 5.56 Å². The van der Waals surface area contributed by atoms with E-state index >= 15 is 0 Å². The summed E-state index contributed by atoms with van der Waals surface area (Å²) in [4.78, 5) is 26.7. The van der Waals surface area contributed by atoms with Gasteiger partial charge < -0.3 is 15.5 Å². The van der Waals surface area contributed by atoms with Crippen molar-refractivity contribution in [2.75, 3.05) is 13.1 Å². The van der Waals surface area contributed by atoms with Crippen LogP contribution < -0.4 is 10.6 Å². The predicted molar refractivity (Wildman–Crippen MR) is 101 cm³/mol. The molecule has 0 spiro atoms. The van der Waals surface area contributed by atoms with Gasteiger partial charge in [-0.25, -0.2) is 4.79 Å². The molecule has 8 heteroatoms. The fraction of sp³-hybridized carbons (Fsp3) is 0.500. The Kier molecular flexibility index (Phi) is 5.61. The van der Waals surface area contributed by atoms with E-state index in [0.29, 0.717) is 25.1 Å². The third kappa shape index (κ3) is 4.24. The van der Waals surface area contributed by atoms with Crippen molar-refractivity contribution in [1.29, 1.82) is 0 Å². The Labute approximate surface area is 157 Å². The normalized spacial score (nSPS) is 20.2. The van der Waals surface area contributed by atoms with Crippen LogP contribution in [0.15, 0.2) is 29.2 Å². The van der Waals surface area contributed by atoms with Crippen molar-refractivity contribution >= 4 is 23.3 Å². The topological polar surface area (TPSA) is 79.3 Å². The van der Waals surface area contributed by atoms with Crippen LogP contribution in [0, 0.1) is 0 Å². The summed E-state index contributed by atoms with van der Waals surface area (Å²) in [6.45, 7) is 5.07. The Balaban J connectivity index is 1.76. The molecule has 0 radical (unpaired) electrons. The quantitative estimate of drug-likeness (QED) is 0.860. The highest BCUT2D eigenvalue weighted by Crippen LogP contribution is 2.27. The molecule has 3 heterocycles. The summed E-state index contributed by atoms with van der Waals surface area (Å²) >= 11 is 1.51. The molecule has 0 saturated carbocycles. The van der Waals surface area contributed by atoms with Gasteiger partial charge in [0.15, 0.2) is 0 Å². The van der Waals surface area contributed by atoms with Crippen molar-refractivity contribution in [3.63, 3.8) is 0 Å². The highest BCUT2D eigenvalue weighted by atomic mass is 32.1. The molecule has 26 heavy (non-hydrogen) atoms. The second-order valence-electron chi connectivity index (χ2n) is 6.98. The van der Waals surface area contributed by atoms with E-state index in [1.165, 1.54) is 11.3 Å². The molecule has 0 aromatic carbocycles. The number of rotatable bonds is 4. The molecular formula is C18H25N5O2S. The zero-order valence-corrected chi connectivity index (χ0v) is 16.1. The van der Waals surface area contributed by atoms with Gasteiger partial charge in [0.2, 0.25) is 0 Å². The second kappa shape index (κ2) is 7.90. The largest absolute Gasteiger partial charge is 0.349 e. The zero-order chi connectivity index (χ0) is 18.7. The third-order valence-corrected chi connectivity index (χ3v) is 5.25. The molecule has 1 aliphatic heterocycles. The molecule has 0 unspecified atom stereocenters. The van der Waals surface area contributed by atoms with E-state index in [4.69, 9.17) is 0 Å². The van der Waals surface area contributed by atoms with Crippen LogP contribution in [0.5, 0.6) is 0 Å². The lowest BCUT2D eigenvalue weighted by atomic mass is 9.87. The number of aryl methyl sites for hydroxylation is 1. The fourth-order valence-electron chi connectivity index (χ4n) is 3.26. The number of piperidine rings is 1. The minimum Gasteiger partial charge on any atom is -0.349 e. The van der Waals surface area contributed by atoms with Gasteiger partial charge in [-0.2, -0.15) is 16.4 Å². The first kappa shape index (κ1) is 18.4. The highest BCUT2D eigenvalue weighted by Gasteiger charge is 2.34. The summed E-state index contributed by atoms with van der Waals surface area (Å²) in [5, 5.41) is 14.1. The molecule has 140 valence electrons. The number of carbonyl (C=O) groups excluding carboxylic acids is 2. The number of nitrogens with one attached hydrogen (secondary N) is 2. The van der Waals surface area contributed by atoms with Gasteiger partial charge in [-0.1, -0.05) is 0 Å². The van der Waals surface area contributed by atoms with E-state index in [2.05, 4.69) is 15.7 Å². The molecule has 3 rings (SSSR count). The lowest BCUT2D eigenvalue weighted by molar-refractivity contribution is 0.0906. The maximum atomic E-state index is 12.5. The molecule has 1 aliphatic rings. The van der Waals surface area contributed by atoms with Gasteiger partial charge in [0.25, 0.3) is 5.91 Å². The Morgan fingerprint density at radius 3 is 2.81 bits per heavy atom. The molecule has 2 aromatic heterocycles. The van der Waals surface area contributed by atoms with E-state index in [9.17, 15) is 9.59 Å². The standard InChI is InChI=1S/C18H25N5O2S/c1-12(2)20-18(25)23-6-4-16(21-17(24)13-5-7-26-11-13)15(10-23)14-8-19-22(3)9-14/h5,7-9,11-12,15-16H,4,6,10H2,1-3H3,(H,20,25)(H,21,24)/t15-,16-/m1/s1. The Morgan fingerprint density at radius 1 is 1.38 bits per heavy atom. The number of aromatic nitrogens is 2. The molecule has 7 nitrogen and oxygen atoms in total.